The first-order chi connectivity index (χ1) is 12.7. The summed E-state index contributed by atoms with van der Waals surface area (Å²) >= 11 is 0. The Morgan fingerprint density at radius 3 is 2.22 bits per heavy atom. The molecule has 2 aliphatic rings. The second-order valence-electron chi connectivity index (χ2n) is 7.33. The lowest BCUT2D eigenvalue weighted by molar-refractivity contribution is 0.583. The lowest BCUT2D eigenvalue weighted by Gasteiger charge is -2.25. The molecular formula is C19H22N2O4S2. The van der Waals surface area contributed by atoms with E-state index in [2.05, 4.69) is 0 Å². The van der Waals surface area contributed by atoms with Gasteiger partial charge in [0.1, 0.15) is 0 Å². The van der Waals surface area contributed by atoms with Crippen LogP contribution in [-0.4, -0.2) is 22.9 Å². The molecule has 0 bridgehead atoms. The second-order valence-corrected chi connectivity index (χ2v) is 10.7. The first kappa shape index (κ1) is 18.5. The smallest absolute Gasteiger partial charge is 0.263 e. The molecular weight excluding hydrogens is 384 g/mol. The Balaban J connectivity index is 1.77. The Labute approximate surface area is 160 Å². The average molecular weight is 407 g/mol. The van der Waals surface area contributed by atoms with Crippen LogP contribution in [0.5, 0.6) is 0 Å². The number of aryl methyl sites for hydroxylation is 2. The van der Waals surface area contributed by atoms with Gasteiger partial charge in [0.2, 0.25) is 10.0 Å². The number of anilines is 1. The zero-order chi connectivity index (χ0) is 19.4. The zero-order valence-corrected chi connectivity index (χ0v) is 16.7. The highest BCUT2D eigenvalue weighted by Crippen LogP contribution is 2.38. The Morgan fingerprint density at radius 1 is 0.889 bits per heavy atom. The zero-order valence-electron chi connectivity index (χ0n) is 15.1. The predicted molar refractivity (Wildman–Crippen MR) is 104 cm³/mol. The molecule has 0 saturated heterocycles. The third kappa shape index (κ3) is 3.15. The fourth-order valence-electron chi connectivity index (χ4n) is 4.11. The molecule has 0 amide bonds. The van der Waals surface area contributed by atoms with Gasteiger partial charge in [-0.2, -0.15) is 0 Å². The van der Waals surface area contributed by atoms with Crippen molar-refractivity contribution in [2.75, 3.05) is 4.31 Å². The molecule has 1 aliphatic carbocycles. The van der Waals surface area contributed by atoms with E-state index in [1.54, 1.807) is 12.1 Å². The lowest BCUT2D eigenvalue weighted by Crippen LogP contribution is -2.35. The van der Waals surface area contributed by atoms with Crippen LogP contribution in [0.4, 0.5) is 5.69 Å². The largest absolute Gasteiger partial charge is 0.264 e. The van der Waals surface area contributed by atoms with Gasteiger partial charge in [0, 0.05) is 6.04 Å². The molecule has 6 nitrogen and oxygen atoms in total. The van der Waals surface area contributed by atoms with Crippen molar-refractivity contribution >= 4 is 25.7 Å². The van der Waals surface area contributed by atoms with Crippen molar-refractivity contribution < 1.29 is 16.8 Å². The highest BCUT2D eigenvalue weighted by Gasteiger charge is 2.37. The van der Waals surface area contributed by atoms with E-state index < -0.39 is 20.0 Å². The highest BCUT2D eigenvalue weighted by molar-refractivity contribution is 7.93. The summed E-state index contributed by atoms with van der Waals surface area (Å²) in [5.41, 5.74) is 3.54. The van der Waals surface area contributed by atoms with Gasteiger partial charge in [-0.15, -0.1) is 0 Å². The summed E-state index contributed by atoms with van der Waals surface area (Å²) in [6, 6.07) is 9.49. The van der Waals surface area contributed by atoms with Crippen LogP contribution in [0, 0.1) is 0 Å². The molecule has 0 spiro atoms. The molecule has 2 N–H and O–H groups in total. The van der Waals surface area contributed by atoms with Gasteiger partial charge < -0.3 is 0 Å². The summed E-state index contributed by atoms with van der Waals surface area (Å²) in [4.78, 5) is 0.292. The Hall–Kier alpha value is -1.90. The van der Waals surface area contributed by atoms with Crippen molar-refractivity contribution in [1.82, 2.24) is 0 Å². The van der Waals surface area contributed by atoms with Gasteiger partial charge in [-0.1, -0.05) is 6.07 Å². The van der Waals surface area contributed by atoms with E-state index >= 15 is 0 Å². The molecule has 8 heteroatoms. The minimum atomic E-state index is -3.83. The molecule has 27 heavy (non-hydrogen) atoms. The molecule has 2 aromatic rings. The van der Waals surface area contributed by atoms with Crippen molar-refractivity contribution in [1.29, 1.82) is 0 Å². The number of primary sulfonamides is 1. The van der Waals surface area contributed by atoms with E-state index in [1.165, 1.54) is 28.1 Å². The average Bonchev–Trinajstić information content (AvgIpc) is 2.96. The number of nitrogens with zero attached hydrogens (tertiary/aromatic N) is 1. The van der Waals surface area contributed by atoms with Crippen LogP contribution >= 0.6 is 0 Å². The molecule has 0 aromatic heterocycles. The van der Waals surface area contributed by atoms with Crippen molar-refractivity contribution in [3.63, 3.8) is 0 Å². The number of sulfonamides is 2. The maximum absolute atomic E-state index is 13.4. The maximum atomic E-state index is 13.4. The molecule has 0 fully saturated rings. The molecule has 144 valence electrons. The SMILES string of the molecule is C[C@H]1Cc2cc(S(N)(=O)=O)ccc2N1S(=O)(=O)c1ccc2c(c1)CCCC2. The molecule has 1 aliphatic heterocycles. The van der Waals surface area contributed by atoms with Crippen LogP contribution in [0.15, 0.2) is 46.2 Å². The summed E-state index contributed by atoms with van der Waals surface area (Å²) in [6.45, 7) is 1.83. The van der Waals surface area contributed by atoms with E-state index in [-0.39, 0.29) is 10.9 Å². The van der Waals surface area contributed by atoms with E-state index in [0.29, 0.717) is 22.6 Å². The number of hydrogen-bond donors (Lipinski definition) is 1. The van der Waals surface area contributed by atoms with Crippen molar-refractivity contribution in [3.05, 3.63) is 53.1 Å². The first-order valence-electron chi connectivity index (χ1n) is 9.00. The van der Waals surface area contributed by atoms with E-state index in [0.717, 1.165) is 31.2 Å². The minimum absolute atomic E-state index is 0.00137. The minimum Gasteiger partial charge on any atom is -0.263 e. The number of nitrogens with two attached hydrogens (primary N) is 1. The van der Waals surface area contributed by atoms with Gasteiger partial charge in [0.15, 0.2) is 0 Å². The third-order valence-electron chi connectivity index (χ3n) is 5.41. The maximum Gasteiger partial charge on any atom is 0.264 e. The molecule has 2 aromatic carbocycles. The monoisotopic (exact) mass is 406 g/mol. The number of hydrogen-bond acceptors (Lipinski definition) is 4. The van der Waals surface area contributed by atoms with Crippen molar-refractivity contribution in [2.24, 2.45) is 5.14 Å². The van der Waals surface area contributed by atoms with Crippen LogP contribution in [0.2, 0.25) is 0 Å². The van der Waals surface area contributed by atoms with Crippen LogP contribution in [0.3, 0.4) is 0 Å². The summed E-state index contributed by atoms with van der Waals surface area (Å²) in [5.74, 6) is 0. The lowest BCUT2D eigenvalue weighted by atomic mass is 9.92. The summed E-state index contributed by atoms with van der Waals surface area (Å²) in [7, 11) is -7.56. The van der Waals surface area contributed by atoms with E-state index in [4.69, 9.17) is 5.14 Å². The standard InChI is InChI=1S/C19H22N2O4S2/c1-13-10-16-12-17(26(20,22)23)8-9-19(16)21(13)27(24,25)18-7-6-14-4-2-3-5-15(14)11-18/h6-9,11-13H,2-5,10H2,1H3,(H2,20,22,23)/t13-/m0/s1. The topological polar surface area (TPSA) is 97.5 Å². The van der Waals surface area contributed by atoms with Gasteiger partial charge in [0.05, 0.1) is 15.5 Å². The fraction of sp³-hybridized carbons (Fsp3) is 0.368. The first-order valence-corrected chi connectivity index (χ1v) is 12.0. The Morgan fingerprint density at radius 2 is 1.52 bits per heavy atom. The normalized spacial score (nSPS) is 19.6. The molecule has 0 saturated carbocycles. The third-order valence-corrected chi connectivity index (χ3v) is 8.24. The number of rotatable bonds is 3. The molecule has 1 heterocycles. The summed E-state index contributed by atoms with van der Waals surface area (Å²) in [6.07, 6.45) is 4.57. The van der Waals surface area contributed by atoms with E-state index in [1.807, 2.05) is 13.0 Å². The number of benzene rings is 2. The molecule has 1 atom stereocenters. The van der Waals surface area contributed by atoms with Crippen LogP contribution in [0.25, 0.3) is 0 Å². The quantitative estimate of drug-likeness (QED) is 0.846. The van der Waals surface area contributed by atoms with Crippen molar-refractivity contribution in [3.8, 4) is 0 Å². The van der Waals surface area contributed by atoms with Crippen molar-refractivity contribution in [2.45, 2.75) is 54.9 Å². The number of fused-ring (bicyclic) bond motifs is 2. The summed E-state index contributed by atoms with van der Waals surface area (Å²) < 4.78 is 51.3. The van der Waals surface area contributed by atoms with Crippen LogP contribution in [-0.2, 0) is 39.3 Å². The molecule has 4 rings (SSSR count). The van der Waals surface area contributed by atoms with E-state index in [9.17, 15) is 16.8 Å². The van der Waals surface area contributed by atoms with Gasteiger partial charge >= 0.3 is 0 Å². The fourth-order valence-corrected chi connectivity index (χ4v) is 6.41. The Bertz CT molecular complexity index is 1120. The Kier molecular flexibility index (Phi) is 4.32. The van der Waals surface area contributed by atoms with Gasteiger partial charge in [-0.3, -0.25) is 4.31 Å². The van der Waals surface area contributed by atoms with Gasteiger partial charge in [0.25, 0.3) is 10.0 Å². The van der Waals surface area contributed by atoms with Crippen LogP contribution < -0.4 is 9.44 Å². The van der Waals surface area contributed by atoms with Crippen LogP contribution in [0.1, 0.15) is 36.5 Å². The molecule has 0 radical (unpaired) electrons. The van der Waals surface area contributed by atoms with Gasteiger partial charge in [-0.25, -0.2) is 22.0 Å². The predicted octanol–water partition coefficient (Wildman–Crippen LogP) is 2.35. The summed E-state index contributed by atoms with van der Waals surface area (Å²) in [5, 5.41) is 5.20. The van der Waals surface area contributed by atoms with Gasteiger partial charge in [-0.05, 0) is 86.1 Å². The highest BCUT2D eigenvalue weighted by atomic mass is 32.2. The molecule has 0 unspecified atom stereocenters. The second kappa shape index (κ2) is 6.32.